The van der Waals surface area contributed by atoms with Gasteiger partial charge in [-0.1, -0.05) is 35.3 Å². The normalized spacial score (nSPS) is 10.6. The van der Waals surface area contributed by atoms with E-state index in [0.717, 1.165) is 22.3 Å². The van der Waals surface area contributed by atoms with Crippen molar-refractivity contribution in [3.05, 3.63) is 59.0 Å². The van der Waals surface area contributed by atoms with Crippen LogP contribution in [-0.2, 0) is 0 Å². The van der Waals surface area contributed by atoms with Crippen LogP contribution in [0.1, 0.15) is 0 Å². The van der Waals surface area contributed by atoms with E-state index in [1.165, 1.54) is 0 Å². The highest BCUT2D eigenvalue weighted by atomic mass is 35.5. The molecule has 2 heterocycles. The summed E-state index contributed by atoms with van der Waals surface area (Å²) in [5.74, 6) is 0.738. The minimum absolute atomic E-state index is 0.434. The molecule has 3 rings (SSSR count). The summed E-state index contributed by atoms with van der Waals surface area (Å²) >= 11 is 12.0. The molecule has 0 fully saturated rings. The van der Waals surface area contributed by atoms with Crippen molar-refractivity contribution in [1.29, 1.82) is 0 Å². The zero-order valence-electron chi connectivity index (χ0n) is 9.77. The summed E-state index contributed by atoms with van der Waals surface area (Å²) in [5, 5.41) is 6.28. The molecule has 3 aromatic rings. The highest BCUT2D eigenvalue weighted by Gasteiger charge is 2.05. The van der Waals surface area contributed by atoms with Crippen LogP contribution >= 0.6 is 23.2 Å². The third-order valence-corrected chi connectivity index (χ3v) is 3.28. The van der Waals surface area contributed by atoms with Crippen molar-refractivity contribution in [3.8, 4) is 0 Å². The SMILES string of the molecule is Clc1cc(Nc2nccc3c(Cl)cccc23)ccn1. The van der Waals surface area contributed by atoms with Gasteiger partial charge < -0.3 is 5.32 Å². The Morgan fingerprint density at radius 1 is 0.895 bits per heavy atom. The lowest BCUT2D eigenvalue weighted by Gasteiger charge is -2.09. The molecule has 0 amide bonds. The number of nitrogens with one attached hydrogen (secondary N) is 1. The number of nitrogens with zero attached hydrogens (tertiary/aromatic N) is 2. The molecule has 3 nitrogen and oxygen atoms in total. The Labute approximate surface area is 120 Å². The topological polar surface area (TPSA) is 37.8 Å². The lowest BCUT2D eigenvalue weighted by molar-refractivity contribution is 1.30. The maximum atomic E-state index is 6.17. The molecule has 19 heavy (non-hydrogen) atoms. The van der Waals surface area contributed by atoms with E-state index in [4.69, 9.17) is 23.2 Å². The van der Waals surface area contributed by atoms with Gasteiger partial charge >= 0.3 is 0 Å². The van der Waals surface area contributed by atoms with Crippen LogP contribution in [0, 0.1) is 0 Å². The van der Waals surface area contributed by atoms with Crippen LogP contribution < -0.4 is 5.32 Å². The van der Waals surface area contributed by atoms with Gasteiger partial charge in [0.15, 0.2) is 0 Å². The monoisotopic (exact) mass is 289 g/mol. The molecule has 0 bridgehead atoms. The molecular weight excluding hydrogens is 281 g/mol. The van der Waals surface area contributed by atoms with E-state index in [-0.39, 0.29) is 0 Å². The predicted molar refractivity (Wildman–Crippen MR) is 79.3 cm³/mol. The molecule has 0 atom stereocenters. The summed E-state index contributed by atoms with van der Waals surface area (Å²) in [6.07, 6.45) is 3.36. The van der Waals surface area contributed by atoms with Crippen molar-refractivity contribution in [2.75, 3.05) is 5.32 Å². The average Bonchev–Trinajstić information content (AvgIpc) is 2.40. The Hall–Kier alpha value is -1.84. The fraction of sp³-hybridized carbons (Fsp3) is 0. The summed E-state index contributed by atoms with van der Waals surface area (Å²) in [4.78, 5) is 8.28. The number of anilines is 2. The second-order valence-electron chi connectivity index (χ2n) is 3.99. The number of aromatic nitrogens is 2. The summed E-state index contributed by atoms with van der Waals surface area (Å²) < 4.78 is 0. The van der Waals surface area contributed by atoms with Crippen LogP contribution in [0.5, 0.6) is 0 Å². The van der Waals surface area contributed by atoms with Crippen LogP contribution in [0.25, 0.3) is 10.8 Å². The number of halogens is 2. The first kappa shape index (κ1) is 12.2. The van der Waals surface area contributed by atoms with Crippen molar-refractivity contribution in [3.63, 3.8) is 0 Å². The maximum absolute atomic E-state index is 6.17. The standard InChI is InChI=1S/C14H9Cl2N3/c15-12-3-1-2-11-10(12)5-7-18-14(11)19-9-4-6-17-13(16)8-9/h1-8H,(H,17,18,19). The Morgan fingerprint density at radius 2 is 1.74 bits per heavy atom. The Bertz CT molecular complexity index is 744. The average molecular weight is 290 g/mol. The number of hydrogen-bond acceptors (Lipinski definition) is 3. The maximum Gasteiger partial charge on any atom is 0.138 e. The van der Waals surface area contributed by atoms with E-state index in [2.05, 4.69) is 15.3 Å². The van der Waals surface area contributed by atoms with Gasteiger partial charge in [-0.05, 0) is 24.3 Å². The van der Waals surface area contributed by atoms with E-state index < -0.39 is 0 Å². The highest BCUT2D eigenvalue weighted by molar-refractivity contribution is 6.35. The number of rotatable bonds is 2. The van der Waals surface area contributed by atoms with Crippen molar-refractivity contribution in [1.82, 2.24) is 9.97 Å². The van der Waals surface area contributed by atoms with Crippen molar-refractivity contribution in [2.45, 2.75) is 0 Å². The molecule has 94 valence electrons. The number of hydrogen-bond donors (Lipinski definition) is 1. The van der Waals surface area contributed by atoms with E-state index in [9.17, 15) is 0 Å². The number of pyridine rings is 2. The molecule has 0 saturated heterocycles. The van der Waals surface area contributed by atoms with Crippen LogP contribution in [-0.4, -0.2) is 9.97 Å². The van der Waals surface area contributed by atoms with E-state index in [1.807, 2.05) is 30.3 Å². The Kier molecular flexibility index (Phi) is 3.23. The minimum Gasteiger partial charge on any atom is -0.340 e. The molecule has 2 aromatic heterocycles. The van der Waals surface area contributed by atoms with Crippen molar-refractivity contribution in [2.24, 2.45) is 0 Å². The molecule has 0 spiro atoms. The predicted octanol–water partition coefficient (Wildman–Crippen LogP) is 4.68. The molecule has 1 N–H and O–H groups in total. The van der Waals surface area contributed by atoms with E-state index in [1.54, 1.807) is 18.5 Å². The number of benzene rings is 1. The minimum atomic E-state index is 0.434. The summed E-state index contributed by atoms with van der Waals surface area (Å²) in [7, 11) is 0. The van der Waals surface area contributed by atoms with Gasteiger partial charge in [-0.2, -0.15) is 0 Å². The van der Waals surface area contributed by atoms with Crippen molar-refractivity contribution >= 4 is 45.5 Å². The molecular formula is C14H9Cl2N3. The van der Waals surface area contributed by atoms with Gasteiger partial charge in [0.25, 0.3) is 0 Å². The molecule has 0 aliphatic heterocycles. The molecule has 0 saturated carbocycles. The zero-order chi connectivity index (χ0) is 13.2. The van der Waals surface area contributed by atoms with Gasteiger partial charge in [-0.15, -0.1) is 0 Å². The summed E-state index contributed by atoms with van der Waals surface area (Å²) in [6.45, 7) is 0. The van der Waals surface area contributed by atoms with Crippen LogP contribution in [0.4, 0.5) is 11.5 Å². The Balaban J connectivity index is 2.08. The fourth-order valence-corrected chi connectivity index (χ4v) is 2.30. The van der Waals surface area contributed by atoms with Crippen LogP contribution in [0.15, 0.2) is 48.8 Å². The van der Waals surface area contributed by atoms with Gasteiger partial charge in [0, 0.05) is 33.9 Å². The molecule has 1 aromatic carbocycles. The molecule has 0 aliphatic carbocycles. The first-order valence-corrected chi connectivity index (χ1v) is 6.41. The van der Waals surface area contributed by atoms with Gasteiger partial charge in [0.2, 0.25) is 0 Å². The highest BCUT2D eigenvalue weighted by Crippen LogP contribution is 2.29. The van der Waals surface area contributed by atoms with E-state index >= 15 is 0 Å². The fourth-order valence-electron chi connectivity index (χ4n) is 1.89. The van der Waals surface area contributed by atoms with Gasteiger partial charge in [-0.3, -0.25) is 0 Å². The summed E-state index contributed by atoms with van der Waals surface area (Å²) in [5.41, 5.74) is 0.833. The lowest BCUT2D eigenvalue weighted by atomic mass is 10.1. The van der Waals surface area contributed by atoms with Gasteiger partial charge in [0.05, 0.1) is 0 Å². The molecule has 5 heteroatoms. The quantitative estimate of drug-likeness (QED) is 0.696. The third-order valence-electron chi connectivity index (χ3n) is 2.74. The first-order valence-electron chi connectivity index (χ1n) is 5.66. The van der Waals surface area contributed by atoms with Crippen LogP contribution in [0.3, 0.4) is 0 Å². The second-order valence-corrected chi connectivity index (χ2v) is 4.78. The number of fused-ring (bicyclic) bond motifs is 1. The van der Waals surface area contributed by atoms with Gasteiger partial charge in [-0.25, -0.2) is 9.97 Å². The molecule has 0 aliphatic rings. The lowest BCUT2D eigenvalue weighted by Crippen LogP contribution is -1.95. The zero-order valence-corrected chi connectivity index (χ0v) is 11.3. The molecule has 0 radical (unpaired) electrons. The second kappa shape index (κ2) is 5.03. The Morgan fingerprint density at radius 3 is 2.58 bits per heavy atom. The summed E-state index contributed by atoms with van der Waals surface area (Å²) in [6, 6.07) is 11.2. The first-order chi connectivity index (χ1) is 9.24. The smallest absolute Gasteiger partial charge is 0.138 e. The third kappa shape index (κ3) is 2.48. The largest absolute Gasteiger partial charge is 0.340 e. The van der Waals surface area contributed by atoms with Crippen LogP contribution in [0.2, 0.25) is 10.2 Å². The van der Waals surface area contributed by atoms with Crippen molar-refractivity contribution < 1.29 is 0 Å². The molecule has 0 unspecified atom stereocenters. The van der Waals surface area contributed by atoms with Gasteiger partial charge in [0.1, 0.15) is 11.0 Å². The van der Waals surface area contributed by atoms with E-state index in [0.29, 0.717) is 10.2 Å².